The summed E-state index contributed by atoms with van der Waals surface area (Å²) in [4.78, 5) is 0. The molecule has 3 atom stereocenters. The maximum absolute atomic E-state index is 8.97. The summed E-state index contributed by atoms with van der Waals surface area (Å²) in [7, 11) is 0. The molecule has 5 nitrogen and oxygen atoms in total. The van der Waals surface area contributed by atoms with E-state index in [1.807, 2.05) is 24.3 Å². The largest absolute Gasteiger partial charge is 0.399 e. The van der Waals surface area contributed by atoms with Crippen molar-refractivity contribution in [2.45, 2.75) is 24.5 Å². The molecule has 1 aliphatic heterocycles. The number of nitrogens with two attached hydrogens (primary N) is 2. The van der Waals surface area contributed by atoms with E-state index in [-0.39, 0.29) is 18.7 Å². The lowest BCUT2D eigenvalue weighted by Crippen LogP contribution is -2.39. The Morgan fingerprint density at radius 1 is 1.39 bits per heavy atom. The molecule has 7 N–H and O–H groups in total. The second kappa shape index (κ2) is 6.15. The van der Waals surface area contributed by atoms with Crippen molar-refractivity contribution in [1.29, 1.82) is 0 Å². The highest BCUT2D eigenvalue weighted by Crippen LogP contribution is 2.23. The fraction of sp³-hybridized carbons (Fsp3) is 0.538. The monoisotopic (exact) mass is 250 g/mol. The van der Waals surface area contributed by atoms with Crippen LogP contribution in [0.5, 0.6) is 0 Å². The van der Waals surface area contributed by atoms with Crippen molar-refractivity contribution in [2.75, 3.05) is 25.4 Å². The molecule has 1 aliphatic rings. The Morgan fingerprint density at radius 3 is 2.67 bits per heavy atom. The van der Waals surface area contributed by atoms with Crippen molar-refractivity contribution < 1.29 is 5.11 Å². The third-order valence-corrected chi connectivity index (χ3v) is 3.37. The van der Waals surface area contributed by atoms with Gasteiger partial charge in [0.1, 0.15) is 0 Å². The van der Waals surface area contributed by atoms with E-state index in [1.54, 1.807) is 0 Å². The Kier molecular flexibility index (Phi) is 4.54. The average Bonchev–Trinajstić information content (AvgIpc) is 2.78. The maximum atomic E-state index is 8.97. The van der Waals surface area contributed by atoms with E-state index in [4.69, 9.17) is 16.6 Å². The Labute approximate surface area is 108 Å². The predicted octanol–water partition coefficient (Wildman–Crippen LogP) is -0.419. The van der Waals surface area contributed by atoms with Crippen LogP contribution in [0.15, 0.2) is 24.3 Å². The molecule has 1 aromatic rings. The first kappa shape index (κ1) is 13.3. The summed E-state index contributed by atoms with van der Waals surface area (Å²) in [5.74, 6) is 0. The first-order valence-electron chi connectivity index (χ1n) is 6.39. The van der Waals surface area contributed by atoms with Gasteiger partial charge in [0.15, 0.2) is 0 Å². The summed E-state index contributed by atoms with van der Waals surface area (Å²) < 4.78 is 0. The van der Waals surface area contributed by atoms with E-state index < -0.39 is 0 Å². The number of rotatable bonds is 5. The fourth-order valence-electron chi connectivity index (χ4n) is 2.47. The summed E-state index contributed by atoms with van der Waals surface area (Å²) in [6.07, 6.45) is 0.938. The molecule has 0 spiro atoms. The molecule has 1 fully saturated rings. The van der Waals surface area contributed by atoms with Gasteiger partial charge >= 0.3 is 0 Å². The van der Waals surface area contributed by atoms with E-state index >= 15 is 0 Å². The van der Waals surface area contributed by atoms with Crippen LogP contribution in [-0.4, -0.2) is 36.9 Å². The Bertz CT molecular complexity index is 368. The van der Waals surface area contributed by atoms with E-state index in [2.05, 4.69) is 10.6 Å². The molecule has 0 aliphatic carbocycles. The van der Waals surface area contributed by atoms with Gasteiger partial charge in [-0.05, 0) is 24.1 Å². The smallest absolute Gasteiger partial charge is 0.0556 e. The van der Waals surface area contributed by atoms with E-state index in [0.717, 1.165) is 18.7 Å². The minimum Gasteiger partial charge on any atom is -0.399 e. The van der Waals surface area contributed by atoms with Gasteiger partial charge in [-0.2, -0.15) is 0 Å². The molecule has 3 unspecified atom stereocenters. The number of nitrogens with one attached hydrogen (secondary N) is 2. The number of benzene rings is 1. The normalized spacial score (nSPS) is 25.2. The van der Waals surface area contributed by atoms with Crippen LogP contribution in [-0.2, 0) is 0 Å². The van der Waals surface area contributed by atoms with Crippen molar-refractivity contribution in [3.05, 3.63) is 29.8 Å². The highest BCUT2D eigenvalue weighted by molar-refractivity contribution is 5.40. The molecule has 5 heteroatoms. The molecule has 1 aromatic carbocycles. The molecule has 100 valence electrons. The fourth-order valence-corrected chi connectivity index (χ4v) is 2.47. The Balaban J connectivity index is 2.11. The third kappa shape index (κ3) is 3.20. The SMILES string of the molecule is Nc1ccc(C(NCCO)C2CC(N)CN2)cc1. The zero-order valence-electron chi connectivity index (χ0n) is 10.5. The van der Waals surface area contributed by atoms with Crippen LogP contribution >= 0.6 is 0 Å². The summed E-state index contributed by atoms with van der Waals surface area (Å²) >= 11 is 0. The second-order valence-corrected chi connectivity index (χ2v) is 4.83. The first-order chi connectivity index (χ1) is 8.70. The van der Waals surface area contributed by atoms with Gasteiger partial charge in [-0.25, -0.2) is 0 Å². The zero-order chi connectivity index (χ0) is 13.0. The molecular formula is C13H22N4O. The zero-order valence-corrected chi connectivity index (χ0v) is 10.5. The van der Waals surface area contributed by atoms with E-state index in [9.17, 15) is 0 Å². The number of aliphatic hydroxyl groups excluding tert-OH is 1. The summed E-state index contributed by atoms with van der Waals surface area (Å²) in [6.45, 7) is 1.55. The Hall–Kier alpha value is -1.14. The predicted molar refractivity (Wildman–Crippen MR) is 73.1 cm³/mol. The minimum absolute atomic E-state index is 0.129. The van der Waals surface area contributed by atoms with Gasteiger partial charge in [0.2, 0.25) is 0 Å². The molecule has 1 heterocycles. The van der Waals surface area contributed by atoms with Crippen LogP contribution in [0.4, 0.5) is 5.69 Å². The molecule has 1 saturated heterocycles. The van der Waals surface area contributed by atoms with Gasteiger partial charge in [0, 0.05) is 36.9 Å². The molecule has 0 saturated carbocycles. The van der Waals surface area contributed by atoms with Crippen molar-refractivity contribution in [2.24, 2.45) is 5.73 Å². The highest BCUT2D eigenvalue weighted by Gasteiger charge is 2.29. The summed E-state index contributed by atoms with van der Waals surface area (Å²) in [5, 5.41) is 15.8. The average molecular weight is 250 g/mol. The third-order valence-electron chi connectivity index (χ3n) is 3.37. The number of aliphatic hydroxyl groups is 1. The van der Waals surface area contributed by atoms with Crippen LogP contribution in [0.1, 0.15) is 18.0 Å². The van der Waals surface area contributed by atoms with Gasteiger partial charge < -0.3 is 27.2 Å². The van der Waals surface area contributed by atoms with Crippen LogP contribution in [0, 0.1) is 0 Å². The molecule has 0 radical (unpaired) electrons. The number of nitrogen functional groups attached to an aromatic ring is 1. The van der Waals surface area contributed by atoms with Crippen LogP contribution in [0.25, 0.3) is 0 Å². The van der Waals surface area contributed by atoms with Crippen molar-refractivity contribution in [3.63, 3.8) is 0 Å². The van der Waals surface area contributed by atoms with Gasteiger partial charge in [0.25, 0.3) is 0 Å². The molecular weight excluding hydrogens is 228 g/mol. The first-order valence-corrected chi connectivity index (χ1v) is 6.39. The maximum Gasteiger partial charge on any atom is 0.0556 e. The van der Waals surface area contributed by atoms with Gasteiger partial charge in [-0.1, -0.05) is 12.1 Å². The van der Waals surface area contributed by atoms with E-state index in [1.165, 1.54) is 5.56 Å². The summed E-state index contributed by atoms with van der Waals surface area (Å²) in [5.41, 5.74) is 13.6. The van der Waals surface area contributed by atoms with Gasteiger partial charge in [-0.15, -0.1) is 0 Å². The molecule has 0 amide bonds. The minimum atomic E-state index is 0.129. The molecule has 0 bridgehead atoms. The van der Waals surface area contributed by atoms with Crippen molar-refractivity contribution in [1.82, 2.24) is 10.6 Å². The number of anilines is 1. The van der Waals surface area contributed by atoms with Gasteiger partial charge in [0.05, 0.1) is 6.61 Å². The van der Waals surface area contributed by atoms with Crippen LogP contribution < -0.4 is 22.1 Å². The second-order valence-electron chi connectivity index (χ2n) is 4.83. The lowest BCUT2D eigenvalue weighted by atomic mass is 9.97. The highest BCUT2D eigenvalue weighted by atomic mass is 16.3. The molecule has 0 aromatic heterocycles. The van der Waals surface area contributed by atoms with Crippen LogP contribution in [0.3, 0.4) is 0 Å². The lowest BCUT2D eigenvalue weighted by Gasteiger charge is -2.25. The number of hydrogen-bond acceptors (Lipinski definition) is 5. The topological polar surface area (TPSA) is 96.3 Å². The van der Waals surface area contributed by atoms with Crippen LogP contribution in [0.2, 0.25) is 0 Å². The Morgan fingerprint density at radius 2 is 2.11 bits per heavy atom. The van der Waals surface area contributed by atoms with Gasteiger partial charge in [-0.3, -0.25) is 0 Å². The summed E-state index contributed by atoms with van der Waals surface area (Å²) in [6, 6.07) is 8.52. The van der Waals surface area contributed by atoms with E-state index in [0.29, 0.717) is 12.6 Å². The standard InChI is InChI=1S/C13H22N4O/c14-10-3-1-9(2-4-10)13(16-5-6-18)12-7-11(15)8-17-12/h1-4,11-13,16-18H,5-8,14-15H2. The molecule has 18 heavy (non-hydrogen) atoms. The number of hydrogen-bond donors (Lipinski definition) is 5. The quantitative estimate of drug-likeness (QED) is 0.457. The molecule has 2 rings (SSSR count). The van der Waals surface area contributed by atoms with Crippen molar-refractivity contribution in [3.8, 4) is 0 Å². The lowest BCUT2D eigenvalue weighted by molar-refractivity contribution is 0.276. The van der Waals surface area contributed by atoms with Crippen molar-refractivity contribution >= 4 is 5.69 Å².